The molecule has 4 aromatic rings. The van der Waals surface area contributed by atoms with Crippen molar-refractivity contribution in [2.45, 2.75) is 25.3 Å². The summed E-state index contributed by atoms with van der Waals surface area (Å²) in [5.41, 5.74) is 3.78. The van der Waals surface area contributed by atoms with Gasteiger partial charge in [0.05, 0.1) is 5.69 Å². The molecule has 4 rings (SSSR count). The van der Waals surface area contributed by atoms with E-state index < -0.39 is 0 Å². The first kappa shape index (κ1) is 22.1. The van der Waals surface area contributed by atoms with Crippen LogP contribution in [0.2, 0.25) is 10.0 Å². The zero-order valence-corrected chi connectivity index (χ0v) is 19.1. The summed E-state index contributed by atoms with van der Waals surface area (Å²) in [7, 11) is 0. The van der Waals surface area contributed by atoms with Crippen molar-refractivity contribution in [2.75, 3.05) is 0 Å². The van der Waals surface area contributed by atoms with Gasteiger partial charge in [0.2, 0.25) is 0 Å². The molecule has 2 atom stereocenters. The molecular weight excluding hydrogens is 441 g/mol. The average Bonchev–Trinajstić information content (AvgIpc) is 3.34. The molecule has 0 bridgehead atoms. The molecule has 1 N–H and O–H groups in total. The summed E-state index contributed by atoms with van der Waals surface area (Å²) < 4.78 is 1.76. The van der Waals surface area contributed by atoms with Gasteiger partial charge in [-0.3, -0.25) is 4.79 Å². The van der Waals surface area contributed by atoms with Crippen LogP contribution in [0.4, 0.5) is 0 Å². The van der Waals surface area contributed by atoms with Gasteiger partial charge in [-0.15, -0.1) is 0 Å². The minimum Gasteiger partial charge on any atom is -0.349 e. The lowest BCUT2D eigenvalue weighted by Crippen LogP contribution is -2.37. The van der Waals surface area contributed by atoms with Crippen LogP contribution in [0.25, 0.3) is 5.69 Å². The third-order valence-electron chi connectivity index (χ3n) is 5.53. The maximum atomic E-state index is 13.0. The molecule has 0 aliphatic rings. The van der Waals surface area contributed by atoms with E-state index in [0.29, 0.717) is 15.6 Å². The Bertz CT molecular complexity index is 1160. The third-order valence-corrected chi connectivity index (χ3v) is 6.03. The second kappa shape index (κ2) is 10.0. The van der Waals surface area contributed by atoms with E-state index in [1.165, 1.54) is 0 Å². The molecular formula is C26H23Cl2N3O. The Balaban J connectivity index is 1.52. The van der Waals surface area contributed by atoms with E-state index in [0.717, 1.165) is 23.2 Å². The first-order valence-corrected chi connectivity index (χ1v) is 11.2. The van der Waals surface area contributed by atoms with Crippen LogP contribution < -0.4 is 5.32 Å². The van der Waals surface area contributed by atoms with Crippen LogP contribution in [0.15, 0.2) is 91.3 Å². The molecule has 0 radical (unpaired) electrons. The van der Waals surface area contributed by atoms with Gasteiger partial charge >= 0.3 is 0 Å². The summed E-state index contributed by atoms with van der Waals surface area (Å²) >= 11 is 12.1. The van der Waals surface area contributed by atoms with Gasteiger partial charge in [0.25, 0.3) is 5.91 Å². The van der Waals surface area contributed by atoms with Gasteiger partial charge in [0, 0.05) is 40.0 Å². The molecule has 1 aromatic heterocycles. The smallest absolute Gasteiger partial charge is 0.251 e. The Kier molecular flexibility index (Phi) is 6.93. The van der Waals surface area contributed by atoms with E-state index in [9.17, 15) is 4.79 Å². The third kappa shape index (κ3) is 5.39. The minimum atomic E-state index is -0.111. The lowest BCUT2D eigenvalue weighted by atomic mass is 9.86. The van der Waals surface area contributed by atoms with Crippen LogP contribution in [-0.4, -0.2) is 21.7 Å². The molecule has 0 spiro atoms. The predicted octanol–water partition coefficient (Wildman–Crippen LogP) is 6.32. The predicted molar refractivity (Wildman–Crippen MR) is 130 cm³/mol. The molecule has 32 heavy (non-hydrogen) atoms. The highest BCUT2D eigenvalue weighted by Crippen LogP contribution is 2.27. The Morgan fingerprint density at radius 3 is 2.16 bits per heavy atom. The maximum absolute atomic E-state index is 13.0. The van der Waals surface area contributed by atoms with Gasteiger partial charge in [0.1, 0.15) is 0 Å². The Labute approximate surface area is 197 Å². The molecule has 0 saturated carbocycles. The quantitative estimate of drug-likeness (QED) is 0.348. The second-order valence-corrected chi connectivity index (χ2v) is 8.62. The number of carbonyl (C=O) groups is 1. The second-order valence-electron chi connectivity index (χ2n) is 7.75. The Morgan fingerprint density at radius 2 is 1.56 bits per heavy atom. The van der Waals surface area contributed by atoms with Gasteiger partial charge < -0.3 is 5.32 Å². The van der Waals surface area contributed by atoms with Gasteiger partial charge in [-0.25, -0.2) is 4.68 Å². The van der Waals surface area contributed by atoms with Crippen LogP contribution in [0.3, 0.4) is 0 Å². The Morgan fingerprint density at radius 1 is 0.938 bits per heavy atom. The molecule has 6 heteroatoms. The standard InChI is InChI=1S/C26H23Cl2N3O/c1-18(30-26(32)21-7-13-24(14-8-21)31-16-2-15-29-31)25(20-5-11-23(28)12-6-20)17-19-3-9-22(27)10-4-19/h2-16,18,25H,17H2,1H3,(H,30,32). The van der Waals surface area contributed by atoms with Crippen molar-refractivity contribution in [1.29, 1.82) is 0 Å². The normalized spacial score (nSPS) is 12.8. The minimum absolute atomic E-state index is 0.0701. The fraction of sp³-hybridized carbons (Fsp3) is 0.154. The summed E-state index contributed by atoms with van der Waals surface area (Å²) in [5.74, 6) is -0.0414. The number of halogens is 2. The van der Waals surface area contributed by atoms with E-state index in [-0.39, 0.29) is 17.9 Å². The topological polar surface area (TPSA) is 46.9 Å². The van der Waals surface area contributed by atoms with Crippen LogP contribution in [0.1, 0.15) is 34.3 Å². The monoisotopic (exact) mass is 463 g/mol. The Hall–Kier alpha value is -3.08. The van der Waals surface area contributed by atoms with Crippen molar-refractivity contribution in [3.63, 3.8) is 0 Å². The van der Waals surface area contributed by atoms with Gasteiger partial charge in [-0.2, -0.15) is 5.10 Å². The summed E-state index contributed by atoms with van der Waals surface area (Å²) in [4.78, 5) is 13.0. The van der Waals surface area contributed by atoms with Crippen molar-refractivity contribution >= 4 is 29.1 Å². The number of hydrogen-bond donors (Lipinski definition) is 1. The summed E-state index contributed by atoms with van der Waals surface area (Å²) in [6, 6.07) is 24.8. The molecule has 0 aliphatic heterocycles. The van der Waals surface area contributed by atoms with Crippen molar-refractivity contribution in [1.82, 2.24) is 15.1 Å². The van der Waals surface area contributed by atoms with Gasteiger partial charge in [-0.1, -0.05) is 47.5 Å². The summed E-state index contributed by atoms with van der Waals surface area (Å²) in [6.07, 6.45) is 4.35. The number of aromatic nitrogens is 2. The summed E-state index contributed by atoms with van der Waals surface area (Å²) in [6.45, 7) is 2.03. The zero-order valence-electron chi connectivity index (χ0n) is 17.6. The molecule has 0 aliphatic carbocycles. The molecule has 4 nitrogen and oxygen atoms in total. The van der Waals surface area contributed by atoms with Crippen LogP contribution >= 0.6 is 23.2 Å². The number of benzene rings is 3. The maximum Gasteiger partial charge on any atom is 0.251 e. The van der Waals surface area contributed by atoms with Gasteiger partial charge in [0.15, 0.2) is 0 Å². The first-order valence-electron chi connectivity index (χ1n) is 10.4. The van der Waals surface area contributed by atoms with Crippen LogP contribution in [0, 0.1) is 0 Å². The van der Waals surface area contributed by atoms with Crippen molar-refractivity contribution in [2.24, 2.45) is 0 Å². The van der Waals surface area contributed by atoms with E-state index in [2.05, 4.69) is 10.4 Å². The van der Waals surface area contributed by atoms with E-state index in [1.807, 2.05) is 92.0 Å². The lowest BCUT2D eigenvalue weighted by molar-refractivity contribution is 0.0934. The highest BCUT2D eigenvalue weighted by Gasteiger charge is 2.22. The fourth-order valence-corrected chi connectivity index (χ4v) is 4.00. The number of carbonyl (C=O) groups excluding carboxylic acids is 1. The molecule has 0 fully saturated rings. The SMILES string of the molecule is CC(NC(=O)c1ccc(-n2cccn2)cc1)C(Cc1ccc(Cl)cc1)c1ccc(Cl)cc1. The number of rotatable bonds is 7. The molecule has 0 saturated heterocycles. The lowest BCUT2D eigenvalue weighted by Gasteiger charge is -2.26. The molecule has 1 heterocycles. The number of nitrogens with zero attached hydrogens (tertiary/aromatic N) is 2. The number of amides is 1. The van der Waals surface area contributed by atoms with E-state index in [1.54, 1.807) is 10.9 Å². The molecule has 3 aromatic carbocycles. The highest BCUT2D eigenvalue weighted by molar-refractivity contribution is 6.30. The molecule has 1 amide bonds. The van der Waals surface area contributed by atoms with E-state index >= 15 is 0 Å². The average molecular weight is 464 g/mol. The van der Waals surface area contributed by atoms with Crippen molar-refractivity contribution < 1.29 is 4.79 Å². The fourth-order valence-electron chi connectivity index (χ4n) is 3.75. The van der Waals surface area contributed by atoms with E-state index in [4.69, 9.17) is 23.2 Å². The summed E-state index contributed by atoms with van der Waals surface area (Å²) in [5, 5.41) is 8.78. The van der Waals surface area contributed by atoms with Crippen LogP contribution in [0.5, 0.6) is 0 Å². The number of nitrogens with one attached hydrogen (secondary N) is 1. The highest BCUT2D eigenvalue weighted by atomic mass is 35.5. The van der Waals surface area contributed by atoms with Crippen LogP contribution in [-0.2, 0) is 6.42 Å². The molecule has 2 unspecified atom stereocenters. The number of hydrogen-bond acceptors (Lipinski definition) is 2. The molecule has 162 valence electrons. The largest absolute Gasteiger partial charge is 0.349 e. The van der Waals surface area contributed by atoms with Gasteiger partial charge in [-0.05, 0) is 79.1 Å². The first-order chi connectivity index (χ1) is 15.5. The van der Waals surface area contributed by atoms with Crippen molar-refractivity contribution in [3.05, 3.63) is 118 Å². The van der Waals surface area contributed by atoms with Crippen molar-refractivity contribution in [3.8, 4) is 5.69 Å². The zero-order chi connectivity index (χ0) is 22.5.